The Morgan fingerprint density at radius 3 is 2.14 bits per heavy atom. The van der Waals surface area contributed by atoms with Gasteiger partial charge in [-0.05, 0) is 74.0 Å². The molecule has 2 aliphatic rings. The number of rotatable bonds is 9. The van der Waals surface area contributed by atoms with Crippen LogP contribution in [0.2, 0.25) is 0 Å². The fourth-order valence-electron chi connectivity index (χ4n) is 5.26. The lowest BCUT2D eigenvalue weighted by Crippen LogP contribution is -2.16. The lowest BCUT2D eigenvalue weighted by molar-refractivity contribution is 0.235. The number of allylic oxidation sites excluding steroid dienone is 2. The van der Waals surface area contributed by atoms with E-state index in [1.54, 1.807) is 5.57 Å². The van der Waals surface area contributed by atoms with Crippen LogP contribution in [0.15, 0.2) is 35.9 Å². The maximum atomic E-state index is 8.90. The van der Waals surface area contributed by atoms with Gasteiger partial charge in [-0.2, -0.15) is 5.26 Å². The van der Waals surface area contributed by atoms with Gasteiger partial charge in [0, 0.05) is 0 Å². The summed E-state index contributed by atoms with van der Waals surface area (Å²) >= 11 is 0. The van der Waals surface area contributed by atoms with Crippen LogP contribution in [-0.4, -0.2) is 0 Å². The summed E-state index contributed by atoms with van der Waals surface area (Å²) in [6, 6.07) is 10.3. The lowest BCUT2D eigenvalue weighted by atomic mass is 9.76. The van der Waals surface area contributed by atoms with Crippen LogP contribution in [0.1, 0.15) is 102 Å². The Morgan fingerprint density at radius 2 is 1.54 bits per heavy atom. The van der Waals surface area contributed by atoms with Gasteiger partial charge in [0.25, 0.3) is 0 Å². The van der Waals surface area contributed by atoms with Crippen LogP contribution < -0.4 is 0 Å². The number of nitriles is 1. The van der Waals surface area contributed by atoms with Crippen molar-refractivity contribution in [2.24, 2.45) is 17.8 Å². The number of aryl methyl sites for hydroxylation is 1. The van der Waals surface area contributed by atoms with Crippen LogP contribution >= 0.6 is 0 Å². The summed E-state index contributed by atoms with van der Waals surface area (Å²) in [5, 5.41) is 8.90. The fraction of sp³-hybridized carbons (Fsp3) is 0.667. The number of nitrogens with zero attached hydrogens (tertiary/aromatic N) is 1. The van der Waals surface area contributed by atoms with Gasteiger partial charge in [0.2, 0.25) is 0 Å². The smallest absolute Gasteiger partial charge is 0.0991 e. The second-order valence-corrected chi connectivity index (χ2v) is 9.42. The number of unbranched alkanes of at least 4 members (excludes halogenated alkanes) is 1. The molecule has 1 fully saturated rings. The van der Waals surface area contributed by atoms with Crippen molar-refractivity contribution in [3.63, 3.8) is 0 Å². The van der Waals surface area contributed by atoms with Crippen molar-refractivity contribution < 1.29 is 0 Å². The molecule has 0 bridgehead atoms. The molecule has 1 aromatic rings. The van der Waals surface area contributed by atoms with E-state index >= 15 is 0 Å². The van der Waals surface area contributed by atoms with Crippen molar-refractivity contribution in [1.29, 1.82) is 5.26 Å². The highest BCUT2D eigenvalue weighted by molar-refractivity contribution is 5.32. The molecule has 0 amide bonds. The second kappa shape index (κ2) is 11.5. The highest BCUT2D eigenvalue weighted by Crippen LogP contribution is 2.37. The normalized spacial score (nSPS) is 25.1. The van der Waals surface area contributed by atoms with E-state index in [2.05, 4.69) is 31.2 Å². The van der Waals surface area contributed by atoms with Crippen molar-refractivity contribution in [3.8, 4) is 6.07 Å². The van der Waals surface area contributed by atoms with Crippen molar-refractivity contribution in [3.05, 3.63) is 47.0 Å². The number of hydrogen-bond donors (Lipinski definition) is 0. The van der Waals surface area contributed by atoms with E-state index in [-0.39, 0.29) is 0 Å². The molecule has 1 unspecified atom stereocenters. The van der Waals surface area contributed by atoms with Crippen LogP contribution in [-0.2, 0) is 6.42 Å². The van der Waals surface area contributed by atoms with E-state index in [0.29, 0.717) is 0 Å². The molecule has 3 rings (SSSR count). The summed E-state index contributed by atoms with van der Waals surface area (Å²) in [5.41, 5.74) is 3.78. The van der Waals surface area contributed by atoms with E-state index in [9.17, 15) is 0 Å². The Balaban J connectivity index is 1.31. The van der Waals surface area contributed by atoms with E-state index in [0.717, 1.165) is 29.7 Å². The molecule has 1 heteroatoms. The molecule has 0 saturated heterocycles. The molecule has 1 nitrogen and oxygen atoms in total. The third kappa shape index (κ3) is 6.80. The third-order valence-electron chi connectivity index (χ3n) is 7.35. The zero-order valence-corrected chi connectivity index (χ0v) is 18.0. The molecule has 0 aliphatic heterocycles. The highest BCUT2D eigenvalue weighted by Gasteiger charge is 2.22. The maximum Gasteiger partial charge on any atom is 0.0991 e. The van der Waals surface area contributed by atoms with Gasteiger partial charge in [0.15, 0.2) is 0 Å². The first-order valence-corrected chi connectivity index (χ1v) is 11.9. The Labute approximate surface area is 173 Å². The molecule has 1 atom stereocenters. The van der Waals surface area contributed by atoms with Crippen LogP contribution in [0, 0.1) is 29.1 Å². The quantitative estimate of drug-likeness (QED) is 0.400. The van der Waals surface area contributed by atoms with Gasteiger partial charge in [0.1, 0.15) is 0 Å². The Hall–Kier alpha value is -1.55. The van der Waals surface area contributed by atoms with Gasteiger partial charge in [-0.3, -0.25) is 0 Å². The summed E-state index contributed by atoms with van der Waals surface area (Å²) in [6.45, 7) is 2.32. The van der Waals surface area contributed by atoms with Gasteiger partial charge < -0.3 is 0 Å². The second-order valence-electron chi connectivity index (χ2n) is 9.42. The molecule has 1 saturated carbocycles. The van der Waals surface area contributed by atoms with Crippen molar-refractivity contribution >= 4 is 0 Å². The zero-order chi connectivity index (χ0) is 19.6. The van der Waals surface area contributed by atoms with Crippen molar-refractivity contribution in [2.75, 3.05) is 0 Å². The summed E-state index contributed by atoms with van der Waals surface area (Å²) in [4.78, 5) is 0. The Morgan fingerprint density at radius 1 is 0.857 bits per heavy atom. The molecule has 0 spiro atoms. The van der Waals surface area contributed by atoms with Gasteiger partial charge in [-0.15, -0.1) is 0 Å². The molecule has 0 heterocycles. The van der Waals surface area contributed by atoms with Crippen molar-refractivity contribution in [1.82, 2.24) is 0 Å². The van der Waals surface area contributed by atoms with Crippen LogP contribution in [0.4, 0.5) is 0 Å². The molecular weight excluding hydrogens is 338 g/mol. The topological polar surface area (TPSA) is 23.8 Å². The lowest BCUT2D eigenvalue weighted by Gasteiger charge is -2.30. The first-order valence-electron chi connectivity index (χ1n) is 11.9. The minimum atomic E-state index is 0.762. The van der Waals surface area contributed by atoms with Gasteiger partial charge in [-0.1, -0.05) is 82.1 Å². The molecule has 1 aromatic carbocycles. The number of benzene rings is 1. The molecule has 0 N–H and O–H groups in total. The molecule has 152 valence electrons. The van der Waals surface area contributed by atoms with E-state index in [4.69, 9.17) is 5.26 Å². The predicted molar refractivity (Wildman–Crippen MR) is 119 cm³/mol. The average Bonchev–Trinajstić information content (AvgIpc) is 2.76. The third-order valence-corrected chi connectivity index (χ3v) is 7.35. The van der Waals surface area contributed by atoms with E-state index < -0.39 is 0 Å². The SMILES string of the molecule is CCCC[C@H]1CC[C@H](CCC2CC=C(CCc3ccc(C#N)cc3)CC2)CC1. The molecule has 0 aromatic heterocycles. The molecular formula is C27H39N. The monoisotopic (exact) mass is 377 g/mol. The Kier molecular flexibility index (Phi) is 8.66. The largest absolute Gasteiger partial charge is 0.192 e. The summed E-state index contributed by atoms with van der Waals surface area (Å²) in [6.07, 6.45) is 22.2. The fourth-order valence-corrected chi connectivity index (χ4v) is 5.26. The van der Waals surface area contributed by atoms with Crippen LogP contribution in [0.25, 0.3) is 0 Å². The number of hydrogen-bond acceptors (Lipinski definition) is 1. The standard InChI is InChI=1S/C27H39N/c1-2-3-4-22-5-7-23(8-6-22)9-10-24-11-13-25(14-12-24)15-16-26-17-19-27(21-28)20-18-26/h13,17-20,22-24H,2-12,14-16H2,1H3/t22-,23-,24?. The summed E-state index contributed by atoms with van der Waals surface area (Å²) in [7, 11) is 0. The first-order chi connectivity index (χ1) is 13.8. The minimum absolute atomic E-state index is 0.762. The van der Waals surface area contributed by atoms with Gasteiger partial charge in [-0.25, -0.2) is 0 Å². The van der Waals surface area contributed by atoms with Crippen molar-refractivity contribution in [2.45, 2.75) is 96.8 Å². The summed E-state index contributed by atoms with van der Waals surface area (Å²) < 4.78 is 0. The summed E-state index contributed by atoms with van der Waals surface area (Å²) in [5.74, 6) is 3.02. The molecule has 0 radical (unpaired) electrons. The van der Waals surface area contributed by atoms with Gasteiger partial charge in [0.05, 0.1) is 11.6 Å². The predicted octanol–water partition coefficient (Wildman–Crippen LogP) is 7.99. The molecule has 2 aliphatic carbocycles. The van der Waals surface area contributed by atoms with E-state index in [1.165, 1.54) is 89.0 Å². The zero-order valence-electron chi connectivity index (χ0n) is 18.0. The molecule has 28 heavy (non-hydrogen) atoms. The highest BCUT2D eigenvalue weighted by atomic mass is 14.3. The first kappa shape index (κ1) is 21.2. The minimum Gasteiger partial charge on any atom is -0.192 e. The Bertz CT molecular complexity index is 640. The maximum absolute atomic E-state index is 8.90. The van der Waals surface area contributed by atoms with E-state index in [1.807, 2.05) is 12.1 Å². The van der Waals surface area contributed by atoms with Crippen LogP contribution in [0.3, 0.4) is 0 Å². The van der Waals surface area contributed by atoms with Crippen LogP contribution in [0.5, 0.6) is 0 Å². The van der Waals surface area contributed by atoms with Gasteiger partial charge >= 0.3 is 0 Å². The average molecular weight is 378 g/mol.